The number of nitrogens with zero attached hydrogens (tertiary/aromatic N) is 2. The number of hydrogen-bond acceptors (Lipinski definition) is 4. The van der Waals surface area contributed by atoms with Crippen molar-refractivity contribution >= 4 is 21.6 Å². The number of pyridine rings is 1. The van der Waals surface area contributed by atoms with Crippen molar-refractivity contribution in [3.63, 3.8) is 0 Å². The highest BCUT2D eigenvalue weighted by Gasteiger charge is 2.31. The van der Waals surface area contributed by atoms with Crippen LogP contribution in [0, 0.1) is 6.92 Å². The maximum Gasteiger partial charge on any atom is 0.573 e. The first-order valence-corrected chi connectivity index (χ1v) is 9.12. The van der Waals surface area contributed by atoms with Crippen molar-refractivity contribution < 1.29 is 17.9 Å². The van der Waals surface area contributed by atoms with Gasteiger partial charge in [0.15, 0.2) is 0 Å². The Hall–Kier alpha value is -3.13. The average molecular weight is 402 g/mol. The molecule has 0 N–H and O–H groups in total. The van der Waals surface area contributed by atoms with Gasteiger partial charge in [0.05, 0.1) is 15.7 Å². The molecular weight excluding hydrogens is 389 g/mol. The molecule has 2 aromatic heterocycles. The Labute approximate surface area is 161 Å². The number of ether oxygens (including phenoxy) is 1. The molecule has 0 aliphatic heterocycles. The van der Waals surface area contributed by atoms with E-state index < -0.39 is 6.36 Å². The van der Waals surface area contributed by atoms with E-state index in [1.165, 1.54) is 46.2 Å². The molecule has 142 valence electrons. The first kappa shape index (κ1) is 18.2. The van der Waals surface area contributed by atoms with E-state index in [9.17, 15) is 18.0 Å². The molecule has 2 heterocycles. The zero-order chi connectivity index (χ0) is 19.9. The molecule has 8 heteroatoms. The minimum atomic E-state index is -4.76. The molecule has 0 atom stereocenters. The van der Waals surface area contributed by atoms with Crippen molar-refractivity contribution in [2.45, 2.75) is 13.3 Å². The van der Waals surface area contributed by atoms with Crippen molar-refractivity contribution in [2.24, 2.45) is 0 Å². The third kappa shape index (κ3) is 3.50. The van der Waals surface area contributed by atoms with Crippen LogP contribution in [0.15, 0.2) is 65.0 Å². The summed E-state index contributed by atoms with van der Waals surface area (Å²) in [6.07, 6.45) is -3.06. The summed E-state index contributed by atoms with van der Waals surface area (Å²) in [6, 6.07) is 12.5. The van der Waals surface area contributed by atoms with Crippen LogP contribution in [0.25, 0.3) is 27.0 Å². The molecule has 0 aliphatic carbocycles. The Bertz CT molecular complexity index is 1210. The number of hydrogen-bond donors (Lipinski definition) is 0. The highest BCUT2D eigenvalue weighted by atomic mass is 32.1. The van der Waals surface area contributed by atoms with Crippen molar-refractivity contribution in [3.8, 4) is 22.6 Å². The summed E-state index contributed by atoms with van der Waals surface area (Å²) < 4.78 is 43.3. The molecule has 4 aromatic rings. The van der Waals surface area contributed by atoms with Gasteiger partial charge in [0.2, 0.25) is 0 Å². The monoisotopic (exact) mass is 402 g/mol. The van der Waals surface area contributed by atoms with Crippen LogP contribution in [0.4, 0.5) is 13.2 Å². The minimum absolute atomic E-state index is 0.276. The van der Waals surface area contributed by atoms with E-state index in [0.717, 1.165) is 26.9 Å². The van der Waals surface area contributed by atoms with Gasteiger partial charge in [-0.2, -0.15) is 0 Å². The standard InChI is InChI=1S/C20H13F3N2O2S/c1-12-9-18(26)25(13-5-7-14(8-6-13)27-20(21,22)23)10-16(12)15-3-2-4-17-19(15)28-11-24-17/h2-11H,1H3. The van der Waals surface area contributed by atoms with Gasteiger partial charge in [-0.1, -0.05) is 12.1 Å². The van der Waals surface area contributed by atoms with E-state index in [0.29, 0.717) is 5.69 Å². The fourth-order valence-electron chi connectivity index (χ4n) is 3.02. The number of rotatable bonds is 3. The Morgan fingerprint density at radius 2 is 1.82 bits per heavy atom. The molecule has 0 fully saturated rings. The lowest BCUT2D eigenvalue weighted by Gasteiger charge is -2.13. The molecule has 0 unspecified atom stereocenters. The van der Waals surface area contributed by atoms with Crippen LogP contribution >= 0.6 is 11.3 Å². The lowest BCUT2D eigenvalue weighted by Crippen LogP contribution is -2.19. The summed E-state index contributed by atoms with van der Waals surface area (Å²) in [7, 11) is 0. The lowest BCUT2D eigenvalue weighted by molar-refractivity contribution is -0.274. The fraction of sp³-hybridized carbons (Fsp3) is 0.100. The molecule has 0 amide bonds. The third-order valence-corrected chi connectivity index (χ3v) is 5.13. The highest BCUT2D eigenvalue weighted by Crippen LogP contribution is 2.33. The number of aryl methyl sites for hydroxylation is 1. The Balaban J connectivity index is 1.80. The number of alkyl halides is 3. The van der Waals surface area contributed by atoms with Gasteiger partial charge in [0.25, 0.3) is 5.56 Å². The number of benzene rings is 2. The molecule has 28 heavy (non-hydrogen) atoms. The molecule has 0 spiro atoms. The van der Waals surface area contributed by atoms with Crippen LogP contribution in [0.3, 0.4) is 0 Å². The van der Waals surface area contributed by atoms with Crippen molar-refractivity contribution in [3.05, 3.63) is 76.2 Å². The molecule has 0 radical (unpaired) electrons. The van der Waals surface area contributed by atoms with Crippen LogP contribution < -0.4 is 10.3 Å². The summed E-state index contributed by atoms with van der Waals surface area (Å²) in [5.41, 5.74) is 5.40. The zero-order valence-electron chi connectivity index (χ0n) is 14.5. The predicted molar refractivity (Wildman–Crippen MR) is 102 cm³/mol. The molecule has 0 bridgehead atoms. The van der Waals surface area contributed by atoms with Crippen molar-refractivity contribution in [1.82, 2.24) is 9.55 Å². The highest BCUT2D eigenvalue weighted by molar-refractivity contribution is 7.17. The van der Waals surface area contributed by atoms with Crippen LogP contribution in [-0.2, 0) is 0 Å². The van der Waals surface area contributed by atoms with Gasteiger partial charge < -0.3 is 4.74 Å². The second-order valence-electron chi connectivity index (χ2n) is 6.13. The van der Waals surface area contributed by atoms with Crippen LogP contribution in [0.2, 0.25) is 0 Å². The Morgan fingerprint density at radius 1 is 1.07 bits per heavy atom. The summed E-state index contributed by atoms with van der Waals surface area (Å²) >= 11 is 1.51. The van der Waals surface area contributed by atoms with Crippen molar-refractivity contribution in [1.29, 1.82) is 0 Å². The number of aromatic nitrogens is 2. The van der Waals surface area contributed by atoms with Gasteiger partial charge in [0.1, 0.15) is 5.75 Å². The Morgan fingerprint density at radius 3 is 2.54 bits per heavy atom. The van der Waals surface area contributed by atoms with Gasteiger partial charge in [-0.25, -0.2) is 4.98 Å². The van der Waals surface area contributed by atoms with E-state index in [1.807, 2.05) is 25.1 Å². The maximum absolute atomic E-state index is 12.5. The summed E-state index contributed by atoms with van der Waals surface area (Å²) in [5.74, 6) is -0.342. The van der Waals surface area contributed by atoms with Gasteiger partial charge in [0, 0.05) is 29.1 Å². The lowest BCUT2D eigenvalue weighted by atomic mass is 10.0. The molecule has 4 rings (SSSR count). The second kappa shape index (κ2) is 6.79. The largest absolute Gasteiger partial charge is 0.573 e. The van der Waals surface area contributed by atoms with Gasteiger partial charge in [-0.3, -0.25) is 9.36 Å². The predicted octanol–water partition coefficient (Wildman–Crippen LogP) is 5.32. The maximum atomic E-state index is 12.5. The van der Waals surface area contributed by atoms with E-state index in [1.54, 1.807) is 11.7 Å². The Kier molecular flexibility index (Phi) is 4.43. The summed E-state index contributed by atoms with van der Waals surface area (Å²) in [4.78, 5) is 16.8. The minimum Gasteiger partial charge on any atom is -0.406 e. The number of fused-ring (bicyclic) bond motifs is 1. The van der Waals surface area contributed by atoms with Crippen LogP contribution in [0.5, 0.6) is 5.75 Å². The molecule has 0 aliphatic rings. The topological polar surface area (TPSA) is 44.1 Å². The number of halogens is 3. The quantitative estimate of drug-likeness (QED) is 0.466. The number of thiazole rings is 1. The molecule has 0 saturated carbocycles. The first-order valence-electron chi connectivity index (χ1n) is 8.24. The first-order chi connectivity index (χ1) is 13.3. The second-order valence-corrected chi connectivity index (χ2v) is 6.98. The smallest absolute Gasteiger partial charge is 0.406 e. The van der Waals surface area contributed by atoms with E-state index in [2.05, 4.69) is 9.72 Å². The normalized spacial score (nSPS) is 11.7. The van der Waals surface area contributed by atoms with Gasteiger partial charge >= 0.3 is 6.36 Å². The van der Waals surface area contributed by atoms with Gasteiger partial charge in [-0.05, 0) is 42.8 Å². The van der Waals surface area contributed by atoms with Crippen LogP contribution in [0.1, 0.15) is 5.56 Å². The van der Waals surface area contributed by atoms with E-state index >= 15 is 0 Å². The molecule has 4 nitrogen and oxygen atoms in total. The fourth-order valence-corrected chi connectivity index (χ4v) is 3.84. The third-order valence-electron chi connectivity index (χ3n) is 4.26. The van der Waals surface area contributed by atoms with Crippen LogP contribution in [-0.4, -0.2) is 15.9 Å². The van der Waals surface area contributed by atoms with E-state index in [-0.39, 0.29) is 11.3 Å². The summed E-state index contributed by atoms with van der Waals surface area (Å²) in [5, 5.41) is 0. The molecular formula is C20H13F3N2O2S. The molecule has 0 saturated heterocycles. The van der Waals surface area contributed by atoms with Gasteiger partial charge in [-0.15, -0.1) is 24.5 Å². The van der Waals surface area contributed by atoms with Crippen molar-refractivity contribution in [2.75, 3.05) is 0 Å². The van der Waals surface area contributed by atoms with E-state index in [4.69, 9.17) is 0 Å². The zero-order valence-corrected chi connectivity index (χ0v) is 15.3. The SMILES string of the molecule is Cc1cc(=O)n(-c2ccc(OC(F)(F)F)cc2)cc1-c1cccc2ncsc12. The molecule has 2 aromatic carbocycles. The summed E-state index contributed by atoms with van der Waals surface area (Å²) in [6.45, 7) is 1.85. The average Bonchev–Trinajstić information content (AvgIpc) is 3.10.